The second-order valence-electron chi connectivity index (χ2n) is 13.0. The van der Waals surface area contributed by atoms with Crippen LogP contribution in [0.3, 0.4) is 0 Å². The van der Waals surface area contributed by atoms with Gasteiger partial charge in [-0.2, -0.15) is 0 Å². The third-order valence-electron chi connectivity index (χ3n) is 8.17. The molecule has 296 valence electrons. The molecule has 0 saturated heterocycles. The molecule has 0 spiro atoms. The first-order valence-corrected chi connectivity index (χ1v) is 30.6. The first kappa shape index (κ1) is 49.6. The maximum atomic E-state index is 13.3. The fourth-order valence-electron chi connectivity index (χ4n) is 5.65. The summed E-state index contributed by atoms with van der Waals surface area (Å²) in [4.78, 5) is 0. The first-order chi connectivity index (χ1) is 22.7. The first-order valence-electron chi connectivity index (χ1n) is 17.9. The van der Waals surface area contributed by atoms with Gasteiger partial charge >= 0.3 is 297 Å². The van der Waals surface area contributed by atoms with Gasteiger partial charge < -0.3 is 0 Å². The van der Waals surface area contributed by atoms with E-state index in [1.54, 1.807) is 0 Å². The second-order valence-corrected chi connectivity index (χ2v) is 35.3. The minimum absolute atomic E-state index is 0.00921. The van der Waals surface area contributed by atoms with E-state index in [0.29, 0.717) is 25.7 Å². The van der Waals surface area contributed by atoms with Crippen molar-refractivity contribution in [3.05, 3.63) is 0 Å². The molecule has 0 N–H and O–H groups in total. The topological polar surface area (TPSA) is 27.7 Å². The molecule has 0 bridgehead atoms. The molecule has 0 aromatic heterocycles. The van der Waals surface area contributed by atoms with E-state index in [-0.39, 0.29) is 31.0 Å². The molecule has 0 aromatic carbocycles. The van der Waals surface area contributed by atoms with Crippen molar-refractivity contribution in [3.8, 4) is 0 Å². The van der Waals surface area contributed by atoms with E-state index in [1.165, 1.54) is 0 Å². The fourth-order valence-corrected chi connectivity index (χ4v) is 46.3. The molecule has 0 atom stereocenters. The van der Waals surface area contributed by atoms with Crippen LogP contribution in [0.15, 0.2) is 0 Å². The quantitative estimate of drug-likeness (QED) is 0.0408. The molecule has 49 heavy (non-hydrogen) atoms. The fraction of sp³-hybridized carbons (Fsp3) is 1.00. The Hall–Kier alpha value is 0.637. The molecule has 0 aromatic rings. The zero-order chi connectivity index (χ0) is 37.5. The van der Waals surface area contributed by atoms with E-state index in [9.17, 15) is 52.7 Å². The summed E-state index contributed by atoms with van der Waals surface area (Å²) in [5.74, 6) is 0. The van der Waals surface area contributed by atoms with Gasteiger partial charge in [0, 0.05) is 0 Å². The molecule has 0 fully saturated rings. The van der Waals surface area contributed by atoms with Gasteiger partial charge in [-0.3, -0.25) is 0 Å². The Labute approximate surface area is 295 Å². The normalized spacial score (nSPS) is 13.8. The Morgan fingerprint density at radius 3 is 0.837 bits per heavy atom. The zero-order valence-corrected chi connectivity index (χ0v) is 34.9. The van der Waals surface area contributed by atoms with E-state index in [2.05, 4.69) is 0 Å². The standard InChI is InChI=1S/2C8H17O.4C4H6F3.O.2Sn/c2*1-2-3-4-5-6-7-8-9;4*1-2-3-4(5,6)7;;;/h2*2-8H2,1H3;4*1-3H2;;;/q2*-1;;;;;;2*+1. The molecule has 3 nitrogen and oxygen atoms in total. The van der Waals surface area contributed by atoms with E-state index in [1.807, 2.05) is 13.8 Å². The van der Waals surface area contributed by atoms with Crippen molar-refractivity contribution in [3.63, 3.8) is 0 Å². The van der Waals surface area contributed by atoms with Gasteiger partial charge in [-0.1, -0.05) is 0 Å². The molecule has 17 heteroatoms. The van der Waals surface area contributed by atoms with Crippen molar-refractivity contribution < 1.29 is 60.2 Å². The molecule has 0 radical (unpaired) electrons. The number of alkyl halides is 12. The monoisotopic (exact) mass is 958 g/mol. The summed E-state index contributed by atoms with van der Waals surface area (Å²) in [5, 5.41) is 0. The number of halogens is 12. The molecular weight excluding hydrogens is 898 g/mol. The Morgan fingerprint density at radius 2 is 0.592 bits per heavy atom. The predicted octanol–water partition coefficient (Wildman–Crippen LogP) is 14.0. The molecule has 0 heterocycles. The Balaban J connectivity index is 6.61. The zero-order valence-electron chi connectivity index (χ0n) is 29.1. The van der Waals surface area contributed by atoms with Gasteiger partial charge in [0.25, 0.3) is 0 Å². The average Bonchev–Trinajstić information content (AvgIpc) is 2.93. The predicted molar refractivity (Wildman–Crippen MR) is 172 cm³/mol. The molecular formula is C32H58F12O3Sn2. The van der Waals surface area contributed by atoms with E-state index >= 15 is 0 Å². The SMILES string of the molecule is CCCCCCCC[O][Sn]([CH2]CCC(F)(F)F)([CH2]CCC(F)(F)F)[O][Sn]([CH2]CCC(F)(F)F)([CH2]CCC(F)(F)F)[O]CCCCCCCC. The minimum atomic E-state index is -5.10. The van der Waals surface area contributed by atoms with Crippen LogP contribution in [0.2, 0.25) is 17.7 Å². The number of hydrogen-bond donors (Lipinski definition) is 0. The summed E-state index contributed by atoms with van der Waals surface area (Å²) in [6.07, 6.45) is -15.7. The summed E-state index contributed by atoms with van der Waals surface area (Å²) in [7, 11) is 0. The molecule has 0 aliphatic rings. The van der Waals surface area contributed by atoms with E-state index < -0.39 is 114 Å². The number of rotatable bonds is 30. The number of unbranched alkanes of at least 4 members (excludes halogenated alkanes) is 10. The third kappa shape index (κ3) is 30.8. The Kier molecular flexibility index (Phi) is 26.0. The van der Waals surface area contributed by atoms with Gasteiger partial charge in [0.2, 0.25) is 0 Å². The van der Waals surface area contributed by atoms with Gasteiger partial charge in [0.05, 0.1) is 0 Å². The van der Waals surface area contributed by atoms with Crippen LogP contribution in [-0.2, 0) is 7.56 Å². The van der Waals surface area contributed by atoms with Gasteiger partial charge in [-0.15, -0.1) is 0 Å². The molecule has 0 saturated carbocycles. The second kappa shape index (κ2) is 25.6. The van der Waals surface area contributed by atoms with Crippen molar-refractivity contribution >= 4 is 38.4 Å². The third-order valence-corrected chi connectivity index (χ3v) is 41.4. The summed E-state index contributed by atoms with van der Waals surface area (Å²) in [6.45, 7) is 4.04. The molecule has 0 rings (SSSR count). The van der Waals surface area contributed by atoms with Crippen LogP contribution >= 0.6 is 0 Å². The summed E-state index contributed by atoms with van der Waals surface area (Å²) in [5.41, 5.74) is 0. The van der Waals surface area contributed by atoms with Gasteiger partial charge in [-0.05, 0) is 0 Å². The molecule has 0 amide bonds. The van der Waals surface area contributed by atoms with Crippen LogP contribution in [0.4, 0.5) is 52.7 Å². The Bertz CT molecular complexity index is 702. The van der Waals surface area contributed by atoms with Gasteiger partial charge in [0.1, 0.15) is 0 Å². The Morgan fingerprint density at radius 1 is 0.347 bits per heavy atom. The van der Waals surface area contributed by atoms with Crippen LogP contribution < -0.4 is 0 Å². The molecule has 0 unspecified atom stereocenters. The van der Waals surface area contributed by atoms with Crippen LogP contribution in [-0.4, -0.2) is 76.3 Å². The summed E-state index contributed by atoms with van der Waals surface area (Å²) in [6, 6.07) is 0. The van der Waals surface area contributed by atoms with Crippen LogP contribution in [0.25, 0.3) is 0 Å². The molecule has 0 aliphatic heterocycles. The van der Waals surface area contributed by atoms with Crippen molar-refractivity contribution in [1.29, 1.82) is 0 Å². The maximum absolute atomic E-state index is 13.3. The summed E-state index contributed by atoms with van der Waals surface area (Å²) >= 11 is -10.2. The van der Waals surface area contributed by atoms with Crippen molar-refractivity contribution in [2.75, 3.05) is 13.2 Å². The van der Waals surface area contributed by atoms with Gasteiger partial charge in [-0.25, -0.2) is 0 Å². The van der Waals surface area contributed by atoms with Crippen molar-refractivity contribution in [1.82, 2.24) is 0 Å². The van der Waals surface area contributed by atoms with E-state index in [4.69, 9.17) is 7.56 Å². The van der Waals surface area contributed by atoms with Crippen LogP contribution in [0, 0.1) is 0 Å². The van der Waals surface area contributed by atoms with Crippen molar-refractivity contribution in [2.24, 2.45) is 0 Å². The van der Waals surface area contributed by atoms with Gasteiger partial charge in [0.15, 0.2) is 0 Å². The van der Waals surface area contributed by atoms with Crippen LogP contribution in [0.1, 0.15) is 142 Å². The number of hydrogen-bond acceptors (Lipinski definition) is 3. The average molecular weight is 956 g/mol. The van der Waals surface area contributed by atoms with Crippen LogP contribution in [0.5, 0.6) is 0 Å². The van der Waals surface area contributed by atoms with E-state index in [0.717, 1.165) is 51.4 Å². The van der Waals surface area contributed by atoms with Crippen molar-refractivity contribution in [2.45, 2.75) is 185 Å². The molecule has 0 aliphatic carbocycles. The summed E-state index contributed by atoms with van der Waals surface area (Å²) < 4.78 is 177.